The van der Waals surface area contributed by atoms with Gasteiger partial charge in [0, 0.05) is 17.6 Å². The number of hydrogen-bond donors (Lipinski definition) is 1. The number of benzene rings is 2. The van der Waals surface area contributed by atoms with Crippen LogP contribution in [-0.4, -0.2) is 20.5 Å². The van der Waals surface area contributed by atoms with Gasteiger partial charge in [0.25, 0.3) is 10.0 Å². The van der Waals surface area contributed by atoms with E-state index in [1.807, 2.05) is 0 Å². The van der Waals surface area contributed by atoms with E-state index in [0.717, 1.165) is 6.07 Å². The fourth-order valence-corrected chi connectivity index (χ4v) is 3.75. The second-order valence-corrected chi connectivity index (χ2v) is 6.95. The van der Waals surface area contributed by atoms with Gasteiger partial charge >= 0.3 is 0 Å². The number of halogens is 2. The zero-order valence-corrected chi connectivity index (χ0v) is 14.0. The lowest BCUT2D eigenvalue weighted by atomic mass is 10.2. The molecule has 0 saturated carbocycles. The van der Waals surface area contributed by atoms with Crippen molar-refractivity contribution in [1.82, 2.24) is 4.98 Å². The number of aromatic nitrogens is 1. The van der Waals surface area contributed by atoms with E-state index >= 15 is 0 Å². The molecule has 3 aromatic rings. The van der Waals surface area contributed by atoms with Crippen molar-refractivity contribution in [2.24, 2.45) is 0 Å². The lowest BCUT2D eigenvalue weighted by Crippen LogP contribution is -2.14. The van der Waals surface area contributed by atoms with Crippen LogP contribution in [0.5, 0.6) is 5.75 Å². The van der Waals surface area contributed by atoms with Gasteiger partial charge in [-0.15, -0.1) is 0 Å². The lowest BCUT2D eigenvalue weighted by Gasteiger charge is -2.12. The van der Waals surface area contributed by atoms with Crippen molar-refractivity contribution in [3.63, 3.8) is 0 Å². The predicted octanol–water partition coefficient (Wildman–Crippen LogP) is 3.84. The van der Waals surface area contributed by atoms with Gasteiger partial charge in [-0.1, -0.05) is 11.6 Å². The molecule has 0 amide bonds. The normalized spacial score (nSPS) is 11.5. The van der Waals surface area contributed by atoms with Crippen molar-refractivity contribution in [2.45, 2.75) is 4.90 Å². The highest BCUT2D eigenvalue weighted by Gasteiger charge is 2.20. The second-order valence-electron chi connectivity index (χ2n) is 4.90. The number of hydrogen-bond acceptors (Lipinski definition) is 4. The van der Waals surface area contributed by atoms with E-state index in [-0.39, 0.29) is 26.5 Å². The summed E-state index contributed by atoms with van der Waals surface area (Å²) in [5.41, 5.74) is 0.148. The van der Waals surface area contributed by atoms with Gasteiger partial charge in [-0.2, -0.15) is 0 Å². The van der Waals surface area contributed by atoms with Gasteiger partial charge in [0.15, 0.2) is 0 Å². The summed E-state index contributed by atoms with van der Waals surface area (Å²) < 4.78 is 46.7. The molecule has 124 valence electrons. The molecular weight excluding hydrogens is 355 g/mol. The Morgan fingerprint density at radius 1 is 1.21 bits per heavy atom. The maximum absolute atomic E-state index is 13.8. The first-order valence-electron chi connectivity index (χ1n) is 6.82. The SMILES string of the molecule is COc1ccc(Cl)c(NS(=O)(=O)c2ccc(F)c3ncccc23)c1. The molecule has 1 heterocycles. The highest BCUT2D eigenvalue weighted by Crippen LogP contribution is 2.31. The molecule has 8 heteroatoms. The van der Waals surface area contributed by atoms with Gasteiger partial charge in [-0.3, -0.25) is 9.71 Å². The van der Waals surface area contributed by atoms with Gasteiger partial charge in [0.1, 0.15) is 17.1 Å². The van der Waals surface area contributed by atoms with Crippen LogP contribution >= 0.6 is 11.6 Å². The smallest absolute Gasteiger partial charge is 0.262 e. The van der Waals surface area contributed by atoms with Crippen molar-refractivity contribution in [1.29, 1.82) is 0 Å². The fraction of sp³-hybridized carbons (Fsp3) is 0.0625. The van der Waals surface area contributed by atoms with Gasteiger partial charge in [0.2, 0.25) is 0 Å². The van der Waals surface area contributed by atoms with Crippen LogP contribution in [0.4, 0.5) is 10.1 Å². The van der Waals surface area contributed by atoms with E-state index in [2.05, 4.69) is 9.71 Å². The van der Waals surface area contributed by atoms with Crippen molar-refractivity contribution < 1.29 is 17.5 Å². The van der Waals surface area contributed by atoms with Gasteiger partial charge in [0.05, 0.1) is 22.7 Å². The third-order valence-electron chi connectivity index (χ3n) is 3.39. The van der Waals surface area contributed by atoms with E-state index in [4.69, 9.17) is 16.3 Å². The highest BCUT2D eigenvalue weighted by atomic mass is 35.5. The molecule has 5 nitrogen and oxygen atoms in total. The third kappa shape index (κ3) is 3.00. The molecule has 1 aromatic heterocycles. The Morgan fingerprint density at radius 3 is 2.75 bits per heavy atom. The van der Waals surface area contributed by atoms with E-state index in [1.54, 1.807) is 12.1 Å². The number of ether oxygens (including phenoxy) is 1. The average molecular weight is 367 g/mol. The quantitative estimate of drug-likeness (QED) is 0.761. The highest BCUT2D eigenvalue weighted by molar-refractivity contribution is 7.93. The summed E-state index contributed by atoms with van der Waals surface area (Å²) in [5.74, 6) is -0.147. The number of rotatable bonds is 4. The summed E-state index contributed by atoms with van der Waals surface area (Å²) in [6.07, 6.45) is 1.40. The maximum atomic E-state index is 13.8. The van der Waals surface area contributed by atoms with Crippen LogP contribution in [0, 0.1) is 5.82 Å². The molecule has 0 radical (unpaired) electrons. The number of pyridine rings is 1. The Balaban J connectivity index is 2.11. The summed E-state index contributed by atoms with van der Waals surface area (Å²) in [7, 11) is -2.54. The van der Waals surface area contributed by atoms with Crippen LogP contribution in [0.2, 0.25) is 5.02 Å². The lowest BCUT2D eigenvalue weighted by molar-refractivity contribution is 0.415. The summed E-state index contributed by atoms with van der Waals surface area (Å²) in [6.45, 7) is 0. The van der Waals surface area contributed by atoms with E-state index < -0.39 is 15.8 Å². The van der Waals surface area contributed by atoms with Crippen molar-refractivity contribution in [3.05, 3.63) is 59.5 Å². The minimum absolute atomic E-state index is 0.0166. The Bertz CT molecular complexity index is 1030. The van der Waals surface area contributed by atoms with Crippen LogP contribution < -0.4 is 9.46 Å². The number of fused-ring (bicyclic) bond motifs is 1. The number of anilines is 1. The molecule has 0 fully saturated rings. The van der Waals surface area contributed by atoms with Crippen LogP contribution in [0.15, 0.2) is 53.6 Å². The molecule has 24 heavy (non-hydrogen) atoms. The zero-order chi connectivity index (χ0) is 17.3. The average Bonchev–Trinajstić information content (AvgIpc) is 2.57. The third-order valence-corrected chi connectivity index (χ3v) is 5.14. The Morgan fingerprint density at radius 2 is 2.00 bits per heavy atom. The number of sulfonamides is 1. The first-order valence-corrected chi connectivity index (χ1v) is 8.68. The first-order chi connectivity index (χ1) is 11.4. The van der Waals surface area contributed by atoms with Crippen LogP contribution in [0.25, 0.3) is 10.9 Å². The Labute approximate surface area is 143 Å². The first kappa shape index (κ1) is 16.5. The molecule has 0 bridgehead atoms. The molecule has 0 unspecified atom stereocenters. The molecular formula is C16H12ClFN2O3S. The van der Waals surface area contributed by atoms with E-state index in [0.29, 0.717) is 5.75 Å². The molecule has 1 N–H and O–H groups in total. The Kier molecular flexibility index (Phi) is 4.29. The van der Waals surface area contributed by atoms with E-state index in [1.165, 1.54) is 37.6 Å². The number of nitrogens with zero attached hydrogens (tertiary/aromatic N) is 1. The van der Waals surface area contributed by atoms with Crippen LogP contribution in [0.3, 0.4) is 0 Å². The minimum atomic E-state index is -4.00. The van der Waals surface area contributed by atoms with Crippen molar-refractivity contribution in [2.75, 3.05) is 11.8 Å². The molecule has 3 rings (SSSR count). The van der Waals surface area contributed by atoms with Gasteiger partial charge < -0.3 is 4.74 Å². The van der Waals surface area contributed by atoms with Crippen LogP contribution in [-0.2, 0) is 10.0 Å². The van der Waals surface area contributed by atoms with Gasteiger partial charge in [-0.25, -0.2) is 12.8 Å². The summed E-state index contributed by atoms with van der Waals surface area (Å²) >= 11 is 6.04. The topological polar surface area (TPSA) is 68.3 Å². The summed E-state index contributed by atoms with van der Waals surface area (Å²) in [6, 6.07) is 9.88. The van der Waals surface area contributed by atoms with Crippen molar-refractivity contribution >= 4 is 38.2 Å². The van der Waals surface area contributed by atoms with Crippen LogP contribution in [0.1, 0.15) is 0 Å². The van der Waals surface area contributed by atoms with Gasteiger partial charge in [-0.05, 0) is 36.4 Å². The van der Waals surface area contributed by atoms with E-state index in [9.17, 15) is 12.8 Å². The molecule has 0 aliphatic carbocycles. The molecule has 0 saturated heterocycles. The second kappa shape index (κ2) is 6.26. The largest absolute Gasteiger partial charge is 0.497 e. The number of nitrogens with one attached hydrogen (secondary N) is 1. The number of methoxy groups -OCH3 is 1. The summed E-state index contributed by atoms with van der Waals surface area (Å²) in [4.78, 5) is 3.80. The molecule has 0 spiro atoms. The molecule has 0 aliphatic rings. The minimum Gasteiger partial charge on any atom is -0.497 e. The standard InChI is InChI=1S/C16H12ClFN2O3S/c1-23-10-4-5-12(17)14(9-10)20-24(21,22)15-7-6-13(18)16-11(15)3-2-8-19-16/h2-9,20H,1H3. The Hall–Kier alpha value is -2.38. The zero-order valence-electron chi connectivity index (χ0n) is 12.5. The molecule has 2 aromatic carbocycles. The molecule has 0 atom stereocenters. The predicted molar refractivity (Wildman–Crippen MR) is 90.5 cm³/mol. The monoisotopic (exact) mass is 366 g/mol. The summed E-state index contributed by atoms with van der Waals surface area (Å²) in [5, 5.41) is 0.396. The fourth-order valence-electron chi connectivity index (χ4n) is 2.26. The molecule has 0 aliphatic heterocycles. The maximum Gasteiger partial charge on any atom is 0.262 e. The van der Waals surface area contributed by atoms with Crippen molar-refractivity contribution in [3.8, 4) is 5.75 Å².